The van der Waals surface area contributed by atoms with Crippen molar-refractivity contribution in [2.45, 2.75) is 19.0 Å². The largest absolute Gasteiger partial charge is 0.496 e. The lowest BCUT2D eigenvalue weighted by Gasteiger charge is -2.15. The second-order valence-electron chi connectivity index (χ2n) is 6.64. The molecule has 4 rings (SSSR count). The van der Waals surface area contributed by atoms with Gasteiger partial charge in [0.2, 0.25) is 0 Å². The fraction of sp³-hybridized carbons (Fsp3) is 0.250. The molecule has 29 heavy (non-hydrogen) atoms. The first kappa shape index (κ1) is 19.0. The van der Waals surface area contributed by atoms with E-state index in [4.69, 9.17) is 4.74 Å². The lowest BCUT2D eigenvalue weighted by Crippen LogP contribution is -2.32. The minimum Gasteiger partial charge on any atom is -0.496 e. The van der Waals surface area contributed by atoms with Crippen molar-refractivity contribution in [2.75, 3.05) is 13.7 Å². The molecule has 6 nitrogen and oxygen atoms in total. The van der Waals surface area contributed by atoms with E-state index in [0.717, 1.165) is 17.4 Å². The van der Waals surface area contributed by atoms with Gasteiger partial charge < -0.3 is 10.1 Å². The molecule has 1 amide bonds. The van der Waals surface area contributed by atoms with Gasteiger partial charge in [0.25, 0.3) is 5.91 Å². The van der Waals surface area contributed by atoms with Crippen molar-refractivity contribution in [3.8, 4) is 11.4 Å². The molecule has 0 saturated heterocycles. The summed E-state index contributed by atoms with van der Waals surface area (Å²) in [6, 6.07) is 7.39. The summed E-state index contributed by atoms with van der Waals surface area (Å²) >= 11 is 0. The Morgan fingerprint density at radius 1 is 1.24 bits per heavy atom. The molecule has 9 heteroatoms. The Bertz CT molecular complexity index is 1080. The Labute approximate surface area is 164 Å². The predicted molar refractivity (Wildman–Crippen MR) is 98.2 cm³/mol. The topological polar surface area (TPSA) is 69.0 Å². The van der Waals surface area contributed by atoms with Crippen LogP contribution in [-0.4, -0.2) is 34.3 Å². The molecule has 0 radical (unpaired) electrons. The lowest BCUT2D eigenvalue weighted by atomic mass is 10.0. The van der Waals surface area contributed by atoms with Gasteiger partial charge in [-0.1, -0.05) is 6.07 Å². The lowest BCUT2D eigenvalue weighted by molar-refractivity contribution is -0.138. The van der Waals surface area contributed by atoms with Gasteiger partial charge in [-0.2, -0.15) is 18.3 Å². The number of nitrogens with zero attached hydrogens (tertiary/aromatic N) is 3. The highest BCUT2D eigenvalue weighted by Gasteiger charge is 2.34. The number of carbonyl (C=O) groups is 1. The Morgan fingerprint density at radius 2 is 2.07 bits per heavy atom. The summed E-state index contributed by atoms with van der Waals surface area (Å²) < 4.78 is 45.7. The number of hydrogen-bond acceptors (Lipinski definition) is 4. The van der Waals surface area contributed by atoms with Gasteiger partial charge in [-0.3, -0.25) is 9.78 Å². The van der Waals surface area contributed by atoms with Crippen LogP contribution in [0.15, 0.2) is 42.7 Å². The summed E-state index contributed by atoms with van der Waals surface area (Å²) in [5, 5.41) is 7.09. The van der Waals surface area contributed by atoms with Crippen LogP contribution in [0.25, 0.3) is 5.69 Å². The zero-order valence-corrected chi connectivity index (χ0v) is 15.5. The van der Waals surface area contributed by atoms with Crippen molar-refractivity contribution in [1.82, 2.24) is 20.1 Å². The van der Waals surface area contributed by atoms with Crippen molar-refractivity contribution in [3.63, 3.8) is 0 Å². The van der Waals surface area contributed by atoms with Gasteiger partial charge in [-0.15, -0.1) is 0 Å². The molecule has 0 spiro atoms. The summed E-state index contributed by atoms with van der Waals surface area (Å²) in [4.78, 5) is 16.2. The van der Waals surface area contributed by atoms with Crippen molar-refractivity contribution in [1.29, 1.82) is 0 Å². The summed E-state index contributed by atoms with van der Waals surface area (Å²) in [6.07, 6.45) is -0.345. The molecule has 0 saturated carbocycles. The van der Waals surface area contributed by atoms with Gasteiger partial charge in [-0.05, 0) is 29.8 Å². The molecule has 0 bridgehead atoms. The summed E-state index contributed by atoms with van der Waals surface area (Å²) in [5.41, 5.74) is 2.59. The molecule has 0 atom stereocenters. The number of aromatic nitrogens is 3. The number of nitrogens with one attached hydrogen (secondary N) is 1. The van der Waals surface area contributed by atoms with Crippen LogP contribution in [0.3, 0.4) is 0 Å². The molecule has 1 aromatic carbocycles. The third-order valence-corrected chi connectivity index (χ3v) is 4.76. The highest BCUT2D eigenvalue weighted by molar-refractivity contribution is 5.96. The third kappa shape index (κ3) is 3.67. The van der Waals surface area contributed by atoms with Gasteiger partial charge in [0.15, 0.2) is 0 Å². The van der Waals surface area contributed by atoms with Crippen LogP contribution < -0.4 is 10.1 Å². The van der Waals surface area contributed by atoms with Crippen LogP contribution in [-0.2, 0) is 19.0 Å². The van der Waals surface area contributed by atoms with E-state index in [9.17, 15) is 18.0 Å². The normalized spacial score (nSPS) is 13.7. The van der Waals surface area contributed by atoms with E-state index in [1.54, 1.807) is 16.9 Å². The molecule has 3 heterocycles. The van der Waals surface area contributed by atoms with Crippen molar-refractivity contribution >= 4 is 5.91 Å². The smallest absolute Gasteiger partial charge is 0.419 e. The predicted octanol–water partition coefficient (Wildman–Crippen LogP) is 3.17. The molecule has 0 aliphatic carbocycles. The van der Waals surface area contributed by atoms with Crippen LogP contribution in [0.1, 0.15) is 32.9 Å². The second-order valence-corrected chi connectivity index (χ2v) is 6.64. The minimum atomic E-state index is -4.48. The number of rotatable bonds is 4. The number of alkyl halides is 3. The molecule has 0 unspecified atom stereocenters. The Morgan fingerprint density at radius 3 is 2.83 bits per heavy atom. The maximum absolute atomic E-state index is 13.0. The van der Waals surface area contributed by atoms with E-state index in [2.05, 4.69) is 15.4 Å². The van der Waals surface area contributed by atoms with E-state index in [-0.39, 0.29) is 11.7 Å². The molecule has 1 aliphatic heterocycles. The summed E-state index contributed by atoms with van der Waals surface area (Å²) in [7, 11) is 1.21. The van der Waals surface area contributed by atoms with E-state index < -0.39 is 11.7 Å². The average Bonchev–Trinajstić information content (AvgIpc) is 3.13. The second kappa shape index (κ2) is 7.23. The van der Waals surface area contributed by atoms with Crippen LogP contribution in [0, 0.1) is 0 Å². The Balaban J connectivity index is 1.63. The molecule has 0 fully saturated rings. The number of hydrogen-bond donors (Lipinski definition) is 1. The molecule has 1 aliphatic rings. The molecule has 2 aromatic heterocycles. The van der Waals surface area contributed by atoms with Crippen molar-refractivity contribution in [3.05, 3.63) is 70.8 Å². The summed E-state index contributed by atoms with van der Waals surface area (Å²) in [6.45, 7) is 0.542. The number of carbonyl (C=O) groups excluding carboxylic acids is 1. The molecule has 3 aromatic rings. The third-order valence-electron chi connectivity index (χ3n) is 4.76. The van der Waals surface area contributed by atoms with E-state index in [1.807, 2.05) is 6.07 Å². The number of methoxy groups -OCH3 is 1. The SMILES string of the molecule is COc1cc(Cc2cc(-n3ncc4c3CCNC4=O)ccn2)ccc1C(F)(F)F. The van der Waals surface area contributed by atoms with Gasteiger partial charge in [0.1, 0.15) is 5.75 Å². The fourth-order valence-electron chi connectivity index (χ4n) is 3.40. The maximum Gasteiger partial charge on any atom is 0.419 e. The number of halogens is 3. The Kier molecular flexibility index (Phi) is 4.73. The molecule has 150 valence electrons. The molecule has 1 N–H and O–H groups in total. The number of amides is 1. The van der Waals surface area contributed by atoms with E-state index in [0.29, 0.717) is 36.2 Å². The standard InChI is InChI=1S/C20H17F3N4O2/c1-29-18-9-12(2-3-16(18)20(21,22)23)8-13-10-14(4-6-24-13)27-17-5-7-25-19(28)15(17)11-26-27/h2-4,6,9-11H,5,7-8H2,1H3,(H,25,28). The first-order valence-corrected chi connectivity index (χ1v) is 8.91. The highest BCUT2D eigenvalue weighted by atomic mass is 19.4. The maximum atomic E-state index is 13.0. The first-order chi connectivity index (χ1) is 13.9. The van der Waals surface area contributed by atoms with Crippen molar-refractivity contribution < 1.29 is 22.7 Å². The highest BCUT2D eigenvalue weighted by Crippen LogP contribution is 2.36. The Hall–Kier alpha value is -3.36. The zero-order chi connectivity index (χ0) is 20.6. The van der Waals surface area contributed by atoms with Crippen LogP contribution in [0.5, 0.6) is 5.75 Å². The molecular weight excluding hydrogens is 385 g/mol. The molecular formula is C20H17F3N4O2. The van der Waals surface area contributed by atoms with Crippen LogP contribution in [0.4, 0.5) is 13.2 Å². The number of benzene rings is 1. The van der Waals surface area contributed by atoms with E-state index in [1.165, 1.54) is 25.4 Å². The first-order valence-electron chi connectivity index (χ1n) is 8.91. The number of fused-ring (bicyclic) bond motifs is 1. The van der Waals surface area contributed by atoms with Crippen LogP contribution >= 0.6 is 0 Å². The van der Waals surface area contributed by atoms with Gasteiger partial charge in [-0.25, -0.2) is 4.68 Å². The number of pyridine rings is 1. The van der Waals surface area contributed by atoms with Gasteiger partial charge in [0.05, 0.1) is 35.8 Å². The number of ether oxygens (including phenoxy) is 1. The van der Waals surface area contributed by atoms with E-state index >= 15 is 0 Å². The quantitative estimate of drug-likeness (QED) is 0.728. The monoisotopic (exact) mass is 402 g/mol. The minimum absolute atomic E-state index is 0.149. The summed E-state index contributed by atoms with van der Waals surface area (Å²) in [5.74, 6) is -0.373. The zero-order valence-electron chi connectivity index (χ0n) is 15.5. The van der Waals surface area contributed by atoms with Crippen molar-refractivity contribution in [2.24, 2.45) is 0 Å². The van der Waals surface area contributed by atoms with Crippen LogP contribution in [0.2, 0.25) is 0 Å². The fourth-order valence-corrected chi connectivity index (χ4v) is 3.40. The van der Waals surface area contributed by atoms with Gasteiger partial charge >= 0.3 is 6.18 Å². The van der Waals surface area contributed by atoms with Gasteiger partial charge in [0, 0.05) is 31.3 Å². The average molecular weight is 402 g/mol.